The molecule has 1 atom stereocenters. The van der Waals surface area contributed by atoms with Gasteiger partial charge in [-0.3, -0.25) is 0 Å². The lowest BCUT2D eigenvalue weighted by Crippen LogP contribution is -2.32. The highest BCUT2D eigenvalue weighted by Crippen LogP contribution is 2.23. The number of hydrogen-bond donors (Lipinski definition) is 2. The first-order chi connectivity index (χ1) is 7.71. The molecular formula is C13H21N3S. The van der Waals surface area contributed by atoms with Crippen molar-refractivity contribution >= 4 is 23.0 Å². The molecule has 4 heteroatoms. The van der Waals surface area contributed by atoms with E-state index in [2.05, 4.69) is 38.0 Å². The summed E-state index contributed by atoms with van der Waals surface area (Å²) >= 11 is 5.04. The van der Waals surface area contributed by atoms with Crippen LogP contribution in [0.2, 0.25) is 0 Å². The zero-order valence-electron chi connectivity index (χ0n) is 11.2. The number of rotatable bonds is 3. The molecule has 3 N–H and O–H groups in total. The Hall–Kier alpha value is -1.16. The van der Waals surface area contributed by atoms with E-state index >= 15 is 0 Å². The molecule has 0 aliphatic rings. The molecule has 1 aromatic heterocycles. The van der Waals surface area contributed by atoms with Crippen molar-refractivity contribution in [1.82, 2.24) is 4.98 Å². The van der Waals surface area contributed by atoms with E-state index in [1.165, 1.54) is 0 Å². The minimum Gasteiger partial charge on any atom is -0.389 e. The van der Waals surface area contributed by atoms with E-state index in [1.54, 1.807) is 0 Å². The summed E-state index contributed by atoms with van der Waals surface area (Å²) in [6, 6.07) is 4.12. The molecular weight excluding hydrogens is 230 g/mol. The van der Waals surface area contributed by atoms with Crippen LogP contribution >= 0.6 is 12.2 Å². The van der Waals surface area contributed by atoms with Gasteiger partial charge in [-0.15, -0.1) is 0 Å². The SMILES string of the molecule is Cc1ccc(C(N)=S)c(NC(C)C(C)(C)C)n1. The maximum absolute atomic E-state index is 5.70. The second kappa shape index (κ2) is 5.00. The van der Waals surface area contributed by atoms with Crippen LogP contribution < -0.4 is 11.1 Å². The molecule has 0 saturated carbocycles. The number of thiocarbonyl (C=S) groups is 1. The first-order valence-corrected chi connectivity index (χ1v) is 6.16. The molecule has 94 valence electrons. The predicted octanol–water partition coefficient (Wildman–Crippen LogP) is 2.87. The maximum atomic E-state index is 5.70. The fraction of sp³-hybridized carbons (Fsp3) is 0.538. The quantitative estimate of drug-likeness (QED) is 0.811. The second-order valence-electron chi connectivity index (χ2n) is 5.45. The molecule has 0 amide bonds. The van der Waals surface area contributed by atoms with Gasteiger partial charge in [0.15, 0.2) is 0 Å². The molecule has 0 aliphatic heterocycles. The Morgan fingerprint density at radius 1 is 1.41 bits per heavy atom. The van der Waals surface area contributed by atoms with Gasteiger partial charge in [-0.1, -0.05) is 33.0 Å². The topological polar surface area (TPSA) is 50.9 Å². The largest absolute Gasteiger partial charge is 0.389 e. The van der Waals surface area contributed by atoms with Crippen LogP contribution in [0.1, 0.15) is 39.0 Å². The minimum atomic E-state index is 0.152. The summed E-state index contributed by atoms with van der Waals surface area (Å²) in [5, 5.41) is 3.39. The summed E-state index contributed by atoms with van der Waals surface area (Å²) in [4.78, 5) is 4.85. The third-order valence-electron chi connectivity index (χ3n) is 2.95. The molecule has 0 bridgehead atoms. The maximum Gasteiger partial charge on any atom is 0.136 e. The lowest BCUT2D eigenvalue weighted by atomic mass is 9.88. The number of pyridine rings is 1. The van der Waals surface area contributed by atoms with Gasteiger partial charge in [0.2, 0.25) is 0 Å². The number of nitrogens with two attached hydrogens (primary N) is 1. The zero-order chi connectivity index (χ0) is 13.2. The van der Waals surface area contributed by atoms with Crippen LogP contribution in [0.15, 0.2) is 12.1 Å². The number of hydrogen-bond acceptors (Lipinski definition) is 3. The standard InChI is InChI=1S/C13H21N3S/c1-8-6-7-10(11(14)17)12(15-8)16-9(2)13(3,4)5/h6-7,9H,1-5H3,(H2,14,17)(H,15,16). The number of aryl methyl sites for hydroxylation is 1. The lowest BCUT2D eigenvalue weighted by Gasteiger charge is -2.29. The first-order valence-electron chi connectivity index (χ1n) is 5.76. The second-order valence-corrected chi connectivity index (χ2v) is 5.88. The summed E-state index contributed by atoms with van der Waals surface area (Å²) in [6.45, 7) is 10.6. The minimum absolute atomic E-state index is 0.152. The van der Waals surface area contributed by atoms with E-state index in [0.717, 1.165) is 17.1 Å². The molecule has 0 aromatic carbocycles. The van der Waals surface area contributed by atoms with Gasteiger partial charge in [-0.2, -0.15) is 0 Å². The third-order valence-corrected chi connectivity index (χ3v) is 3.17. The van der Waals surface area contributed by atoms with E-state index in [1.807, 2.05) is 19.1 Å². The van der Waals surface area contributed by atoms with Crippen LogP contribution in [0.25, 0.3) is 0 Å². The fourth-order valence-electron chi connectivity index (χ4n) is 1.29. The molecule has 0 fully saturated rings. The summed E-state index contributed by atoms with van der Waals surface area (Å²) in [5.74, 6) is 0.778. The molecule has 0 saturated heterocycles. The van der Waals surface area contributed by atoms with E-state index in [9.17, 15) is 0 Å². The van der Waals surface area contributed by atoms with Crippen molar-refractivity contribution in [3.05, 3.63) is 23.4 Å². The van der Waals surface area contributed by atoms with Crippen molar-refractivity contribution in [3.8, 4) is 0 Å². The molecule has 0 aliphatic carbocycles. The van der Waals surface area contributed by atoms with Gasteiger partial charge >= 0.3 is 0 Å². The van der Waals surface area contributed by atoms with Gasteiger partial charge in [0.1, 0.15) is 10.8 Å². The summed E-state index contributed by atoms with van der Waals surface area (Å²) in [6.07, 6.45) is 0. The van der Waals surface area contributed by atoms with Gasteiger partial charge in [0.25, 0.3) is 0 Å². The Kier molecular flexibility index (Phi) is 4.09. The van der Waals surface area contributed by atoms with Crippen LogP contribution in [0.5, 0.6) is 0 Å². The van der Waals surface area contributed by atoms with E-state index in [-0.39, 0.29) is 11.5 Å². The molecule has 1 unspecified atom stereocenters. The van der Waals surface area contributed by atoms with Gasteiger partial charge in [0, 0.05) is 11.7 Å². The number of aromatic nitrogens is 1. The molecule has 1 rings (SSSR count). The number of nitrogens with one attached hydrogen (secondary N) is 1. The Morgan fingerprint density at radius 2 is 2.00 bits per heavy atom. The molecule has 1 aromatic rings. The van der Waals surface area contributed by atoms with Crippen LogP contribution in [0.3, 0.4) is 0 Å². The van der Waals surface area contributed by atoms with Crippen LogP contribution in [0.4, 0.5) is 5.82 Å². The number of anilines is 1. The van der Waals surface area contributed by atoms with Crippen LogP contribution in [-0.2, 0) is 0 Å². The van der Waals surface area contributed by atoms with Gasteiger partial charge < -0.3 is 11.1 Å². The Morgan fingerprint density at radius 3 is 2.47 bits per heavy atom. The van der Waals surface area contributed by atoms with Crippen molar-refractivity contribution in [3.63, 3.8) is 0 Å². The van der Waals surface area contributed by atoms with Crippen molar-refractivity contribution < 1.29 is 0 Å². The molecule has 3 nitrogen and oxygen atoms in total. The van der Waals surface area contributed by atoms with Crippen molar-refractivity contribution in [2.75, 3.05) is 5.32 Å². The fourth-order valence-corrected chi connectivity index (χ4v) is 1.45. The van der Waals surface area contributed by atoms with Gasteiger partial charge in [-0.05, 0) is 31.4 Å². The van der Waals surface area contributed by atoms with Crippen LogP contribution in [-0.4, -0.2) is 16.0 Å². The lowest BCUT2D eigenvalue weighted by molar-refractivity contribution is 0.358. The van der Waals surface area contributed by atoms with E-state index in [4.69, 9.17) is 18.0 Å². The van der Waals surface area contributed by atoms with Crippen molar-refractivity contribution in [1.29, 1.82) is 0 Å². The Balaban J connectivity index is 3.04. The van der Waals surface area contributed by atoms with Crippen molar-refractivity contribution in [2.45, 2.75) is 40.7 Å². The summed E-state index contributed by atoms with van der Waals surface area (Å²) < 4.78 is 0. The van der Waals surface area contributed by atoms with Crippen molar-refractivity contribution in [2.24, 2.45) is 11.1 Å². The highest BCUT2D eigenvalue weighted by molar-refractivity contribution is 7.80. The summed E-state index contributed by atoms with van der Waals surface area (Å²) in [5.41, 5.74) is 7.61. The third kappa shape index (κ3) is 3.66. The zero-order valence-corrected chi connectivity index (χ0v) is 12.0. The van der Waals surface area contributed by atoms with Crippen LogP contribution in [0, 0.1) is 12.3 Å². The normalized spacial score (nSPS) is 13.2. The highest BCUT2D eigenvalue weighted by Gasteiger charge is 2.21. The Bertz CT molecular complexity index is 421. The highest BCUT2D eigenvalue weighted by atomic mass is 32.1. The van der Waals surface area contributed by atoms with Gasteiger partial charge in [0.05, 0.1) is 5.56 Å². The monoisotopic (exact) mass is 251 g/mol. The average molecular weight is 251 g/mol. The smallest absolute Gasteiger partial charge is 0.136 e. The molecule has 1 heterocycles. The van der Waals surface area contributed by atoms with E-state index in [0.29, 0.717) is 4.99 Å². The number of nitrogens with zero attached hydrogens (tertiary/aromatic N) is 1. The Labute approximate surface area is 109 Å². The van der Waals surface area contributed by atoms with Gasteiger partial charge in [-0.25, -0.2) is 4.98 Å². The average Bonchev–Trinajstić information content (AvgIpc) is 2.15. The predicted molar refractivity (Wildman–Crippen MR) is 77.4 cm³/mol. The van der Waals surface area contributed by atoms with E-state index < -0.39 is 0 Å². The summed E-state index contributed by atoms with van der Waals surface area (Å²) in [7, 11) is 0. The first kappa shape index (κ1) is 13.9. The molecule has 0 radical (unpaired) electrons. The molecule has 17 heavy (non-hydrogen) atoms. The molecule has 0 spiro atoms.